The van der Waals surface area contributed by atoms with Gasteiger partial charge in [0.05, 0.1) is 17.8 Å². The van der Waals surface area contributed by atoms with Crippen molar-refractivity contribution in [2.45, 2.75) is 53.5 Å². The Bertz CT molecular complexity index is 3090. The van der Waals surface area contributed by atoms with Crippen LogP contribution in [0.1, 0.15) is 46.6 Å². The molecule has 0 aromatic heterocycles. The zero-order chi connectivity index (χ0) is 57.3. The number of anilines is 2. The number of aryl methyl sites for hydroxylation is 1. The number of esters is 8. The fourth-order valence-electron chi connectivity index (χ4n) is 6.96. The second-order valence-electron chi connectivity index (χ2n) is 16.4. The standard InChI is InChI=1S/C51H50F2N2O23/c1-27-7-10-39(55(20-47(63)76-25-72-31(5)59)21-48(64)77-26-73-32(6)60)45(13-27)68-12-11-67-44-14-33(8-9-38(44)54-51(50(65)66,22-69-28(2)56)19-46(62)75-24-71-30(4)58)49-34-15-36(52)40(61)17-41(34)78-42-18-43(37(53)16-35(42)49)74-23-70-29(3)57/h7-10,13-18,54H,11-12,19-26H2,1-6H3,(H,65,66). The van der Waals surface area contributed by atoms with E-state index in [-0.39, 0.29) is 56.3 Å². The molecule has 0 radical (unpaired) electrons. The summed E-state index contributed by atoms with van der Waals surface area (Å²) >= 11 is 0. The van der Waals surface area contributed by atoms with Crippen molar-refractivity contribution in [3.63, 3.8) is 0 Å². The molecular weight excluding hydrogens is 1050 g/mol. The number of carbonyl (C=O) groups excluding carboxylic acids is 8. The zero-order valence-corrected chi connectivity index (χ0v) is 42.5. The van der Waals surface area contributed by atoms with Crippen LogP contribution in [0.3, 0.4) is 0 Å². The number of halogens is 2. The lowest BCUT2D eigenvalue weighted by atomic mass is 9.92. The molecule has 0 fully saturated rings. The topological polar surface area (TPSA) is 321 Å². The van der Waals surface area contributed by atoms with Crippen LogP contribution in [0.2, 0.25) is 0 Å². The Morgan fingerprint density at radius 2 is 1.17 bits per heavy atom. The molecule has 0 saturated carbocycles. The highest BCUT2D eigenvalue weighted by Crippen LogP contribution is 2.44. The van der Waals surface area contributed by atoms with Crippen LogP contribution < -0.4 is 29.9 Å². The fraction of sp³-hybridized carbons (Fsp3) is 0.333. The minimum absolute atomic E-state index is 0.0176. The summed E-state index contributed by atoms with van der Waals surface area (Å²) in [5.74, 6) is -12.1. The second kappa shape index (κ2) is 27.3. The molecule has 5 rings (SSSR count). The SMILES string of the molecule is CC(=O)OCOC(=O)CN(CC(=O)OCOC(C)=O)c1ccc(C)cc1OCCOc1cc(-c2c3cc(F)c(=O)cc-3oc3cc(OCOC(C)=O)c(F)cc23)ccc1NC(COC(C)=O)(CC(=O)OCOC(C)=O)C(=O)O. The predicted octanol–water partition coefficient (Wildman–Crippen LogP) is 4.69. The van der Waals surface area contributed by atoms with Gasteiger partial charge in [0.1, 0.15) is 55.8 Å². The van der Waals surface area contributed by atoms with Crippen LogP contribution in [0.4, 0.5) is 20.2 Å². The quantitative estimate of drug-likeness (QED) is 0.0237. The number of rotatable bonds is 27. The van der Waals surface area contributed by atoms with Gasteiger partial charge < -0.3 is 71.8 Å². The van der Waals surface area contributed by atoms with Crippen molar-refractivity contribution in [1.29, 1.82) is 0 Å². The zero-order valence-electron chi connectivity index (χ0n) is 42.5. The van der Waals surface area contributed by atoms with E-state index in [1.807, 2.05) is 0 Å². The molecule has 0 amide bonds. The van der Waals surface area contributed by atoms with Gasteiger partial charge >= 0.3 is 53.7 Å². The van der Waals surface area contributed by atoms with Crippen molar-refractivity contribution < 1.29 is 114 Å². The number of carbonyl (C=O) groups is 9. The molecule has 1 unspecified atom stereocenters. The molecule has 0 saturated heterocycles. The van der Waals surface area contributed by atoms with Crippen LogP contribution >= 0.6 is 0 Å². The Morgan fingerprint density at radius 1 is 0.603 bits per heavy atom. The molecule has 78 heavy (non-hydrogen) atoms. The highest BCUT2D eigenvalue weighted by atomic mass is 19.1. The highest BCUT2D eigenvalue weighted by molar-refractivity contribution is 6.03. The van der Waals surface area contributed by atoms with Gasteiger partial charge in [0.15, 0.2) is 22.9 Å². The Balaban J connectivity index is 1.61. The highest BCUT2D eigenvalue weighted by Gasteiger charge is 2.44. The van der Waals surface area contributed by atoms with Crippen molar-refractivity contribution in [3.05, 3.63) is 88.1 Å². The largest absolute Gasteiger partial charge is 0.488 e. The number of hydrogen-bond acceptors (Lipinski definition) is 24. The molecule has 0 bridgehead atoms. The third kappa shape index (κ3) is 17.0. The summed E-state index contributed by atoms with van der Waals surface area (Å²) in [6.45, 7) is 0.687. The number of carboxylic acids is 1. The maximum absolute atomic E-state index is 15.8. The van der Waals surface area contributed by atoms with Crippen molar-refractivity contribution in [3.8, 4) is 39.7 Å². The third-order valence-electron chi connectivity index (χ3n) is 10.5. The van der Waals surface area contributed by atoms with E-state index in [0.29, 0.717) is 5.56 Å². The van der Waals surface area contributed by atoms with E-state index in [2.05, 4.69) is 19.5 Å². The Labute approximate surface area is 440 Å². The van der Waals surface area contributed by atoms with Gasteiger partial charge in [-0.2, -0.15) is 0 Å². The molecule has 27 heteroatoms. The van der Waals surface area contributed by atoms with Crippen LogP contribution in [-0.2, 0) is 81.0 Å². The van der Waals surface area contributed by atoms with Crippen LogP contribution in [0.25, 0.3) is 33.4 Å². The monoisotopic (exact) mass is 1100 g/mol. The number of fused-ring (bicyclic) bond motifs is 2. The first kappa shape index (κ1) is 59.3. The molecule has 416 valence electrons. The van der Waals surface area contributed by atoms with Gasteiger partial charge in [-0.25, -0.2) is 13.6 Å². The number of carboxylic acid groups (broad SMARTS) is 1. The summed E-state index contributed by atoms with van der Waals surface area (Å²) in [5.41, 5.74) is -3.25. The smallest absolute Gasteiger partial charge is 0.333 e. The van der Waals surface area contributed by atoms with Crippen molar-refractivity contribution in [2.24, 2.45) is 0 Å². The number of ether oxygens (including phenoxy) is 11. The lowest BCUT2D eigenvalue weighted by Gasteiger charge is -2.31. The first-order valence-corrected chi connectivity index (χ1v) is 22.9. The summed E-state index contributed by atoms with van der Waals surface area (Å²) < 4.78 is 93.4. The van der Waals surface area contributed by atoms with Gasteiger partial charge in [0.25, 0.3) is 0 Å². The Morgan fingerprint density at radius 3 is 1.74 bits per heavy atom. The van der Waals surface area contributed by atoms with Crippen LogP contribution in [-0.4, -0.2) is 124 Å². The van der Waals surface area contributed by atoms with E-state index in [4.69, 9.17) is 42.3 Å². The second-order valence-corrected chi connectivity index (χ2v) is 16.4. The summed E-state index contributed by atoms with van der Waals surface area (Å²) in [7, 11) is 0. The number of benzene rings is 4. The lowest BCUT2D eigenvalue weighted by Crippen LogP contribution is -2.52. The first-order valence-electron chi connectivity index (χ1n) is 22.9. The van der Waals surface area contributed by atoms with E-state index in [1.165, 1.54) is 35.2 Å². The fourth-order valence-corrected chi connectivity index (χ4v) is 6.96. The van der Waals surface area contributed by atoms with Crippen LogP contribution in [0.15, 0.2) is 69.9 Å². The normalized spacial score (nSPS) is 11.5. The molecule has 1 aliphatic heterocycles. The molecule has 0 spiro atoms. The number of hydrogen-bond donors (Lipinski definition) is 2. The molecule has 1 atom stereocenters. The van der Waals surface area contributed by atoms with Crippen LogP contribution in [0, 0.1) is 18.6 Å². The van der Waals surface area contributed by atoms with Gasteiger partial charge in [0.2, 0.25) is 32.6 Å². The average Bonchev–Trinajstić information content (AvgIpc) is 3.44. The van der Waals surface area contributed by atoms with Gasteiger partial charge in [0, 0.05) is 63.3 Å². The lowest BCUT2D eigenvalue weighted by molar-refractivity contribution is -0.170. The van der Waals surface area contributed by atoms with Crippen molar-refractivity contribution >= 4 is 76.1 Å². The molecule has 25 nitrogen and oxygen atoms in total. The number of aliphatic carboxylic acids is 1. The molecule has 3 aromatic rings. The summed E-state index contributed by atoms with van der Waals surface area (Å²) in [4.78, 5) is 123. The predicted molar refractivity (Wildman–Crippen MR) is 260 cm³/mol. The van der Waals surface area contributed by atoms with Gasteiger partial charge in [-0.05, 0) is 54.4 Å². The van der Waals surface area contributed by atoms with E-state index in [9.17, 15) is 53.1 Å². The molecular formula is C51H50F2N2O23. The van der Waals surface area contributed by atoms with E-state index >= 15 is 8.78 Å². The summed E-state index contributed by atoms with van der Waals surface area (Å²) in [6.07, 6.45) is -1.07. The summed E-state index contributed by atoms with van der Waals surface area (Å²) in [6, 6.07) is 12.2. The van der Waals surface area contributed by atoms with Gasteiger partial charge in [-0.15, -0.1) is 0 Å². The molecule has 1 aliphatic carbocycles. The van der Waals surface area contributed by atoms with Gasteiger partial charge in [-0.3, -0.25) is 43.2 Å². The van der Waals surface area contributed by atoms with E-state index in [0.717, 1.165) is 58.9 Å². The van der Waals surface area contributed by atoms with Crippen molar-refractivity contribution in [1.82, 2.24) is 0 Å². The maximum Gasteiger partial charge on any atom is 0.333 e. The van der Waals surface area contributed by atoms with Crippen LogP contribution in [0.5, 0.6) is 17.2 Å². The molecule has 3 aromatic carbocycles. The third-order valence-corrected chi connectivity index (χ3v) is 10.5. The van der Waals surface area contributed by atoms with Gasteiger partial charge in [-0.1, -0.05) is 12.1 Å². The first-order chi connectivity index (χ1) is 36.9. The molecule has 2 aliphatic rings. The average molecular weight is 1100 g/mol. The minimum Gasteiger partial charge on any atom is -0.488 e. The number of nitrogens with zero attached hydrogens (tertiary/aromatic N) is 1. The number of nitrogens with one attached hydrogen (secondary N) is 1. The minimum atomic E-state index is -2.56. The Hall–Kier alpha value is -9.56. The van der Waals surface area contributed by atoms with Crippen molar-refractivity contribution in [2.75, 3.05) is 70.3 Å². The maximum atomic E-state index is 15.8. The molecule has 2 N–H and O–H groups in total. The van der Waals surface area contributed by atoms with E-state index < -0.39 is 149 Å². The van der Waals surface area contributed by atoms with E-state index in [1.54, 1.807) is 13.0 Å². The Kier molecular flexibility index (Phi) is 20.8. The summed E-state index contributed by atoms with van der Waals surface area (Å²) in [5, 5.41) is 13.4. The molecule has 1 heterocycles.